The van der Waals surface area contributed by atoms with Crippen molar-refractivity contribution in [3.8, 4) is 0 Å². The first-order chi connectivity index (χ1) is 11.8. The number of piperidine rings is 2. The Hall–Kier alpha value is -1.06. The number of nitrogens with zero attached hydrogens (tertiary/aromatic N) is 3. The standard InChI is InChI=1S/C22H33N3/c1-21(2)17-10-8-13-24-14-12-16-15-9-6-7-11-18(15)25(19(16)20(17)24)22(3,4)23(21)5/h6-7,9,11,16-17,19-20H,8,10,12-14H2,1-5H3. The molecule has 3 saturated heterocycles. The summed E-state index contributed by atoms with van der Waals surface area (Å²) in [6.45, 7) is 12.5. The van der Waals surface area contributed by atoms with E-state index >= 15 is 0 Å². The van der Waals surface area contributed by atoms with Crippen molar-refractivity contribution in [2.45, 2.75) is 76.2 Å². The maximum atomic E-state index is 2.85. The third-order valence-corrected chi connectivity index (χ3v) is 8.36. The molecule has 0 N–H and O–H groups in total. The van der Waals surface area contributed by atoms with E-state index in [2.05, 4.69) is 73.7 Å². The highest BCUT2D eigenvalue weighted by atomic mass is 15.5. The lowest BCUT2D eigenvalue weighted by atomic mass is 9.68. The van der Waals surface area contributed by atoms with Gasteiger partial charge in [0.1, 0.15) is 0 Å². The first-order valence-corrected chi connectivity index (χ1v) is 10.2. The van der Waals surface area contributed by atoms with E-state index in [0.29, 0.717) is 18.0 Å². The lowest BCUT2D eigenvalue weighted by Crippen LogP contribution is -2.63. The van der Waals surface area contributed by atoms with Gasteiger partial charge in [-0.25, -0.2) is 0 Å². The summed E-state index contributed by atoms with van der Waals surface area (Å²) in [5.41, 5.74) is 3.35. The average Bonchev–Trinajstić information content (AvgIpc) is 2.93. The number of hydrogen-bond acceptors (Lipinski definition) is 3. The lowest BCUT2D eigenvalue weighted by Gasteiger charge is -2.53. The molecule has 0 spiro atoms. The van der Waals surface area contributed by atoms with Crippen molar-refractivity contribution in [1.82, 2.24) is 9.80 Å². The Morgan fingerprint density at radius 1 is 0.960 bits per heavy atom. The first kappa shape index (κ1) is 16.1. The zero-order valence-electron chi connectivity index (χ0n) is 16.5. The number of rotatable bonds is 0. The second-order valence-corrected chi connectivity index (χ2v) is 9.80. The molecule has 136 valence electrons. The van der Waals surface area contributed by atoms with Crippen molar-refractivity contribution >= 4 is 5.69 Å². The van der Waals surface area contributed by atoms with Crippen LogP contribution in [0.2, 0.25) is 0 Å². The van der Waals surface area contributed by atoms with Crippen LogP contribution in [0, 0.1) is 5.92 Å². The summed E-state index contributed by atoms with van der Waals surface area (Å²) < 4.78 is 0. The van der Waals surface area contributed by atoms with Gasteiger partial charge in [-0.1, -0.05) is 18.2 Å². The molecule has 4 aliphatic heterocycles. The van der Waals surface area contributed by atoms with Gasteiger partial charge in [-0.2, -0.15) is 0 Å². The van der Waals surface area contributed by atoms with E-state index in [1.54, 1.807) is 5.56 Å². The Morgan fingerprint density at radius 3 is 2.52 bits per heavy atom. The van der Waals surface area contributed by atoms with Crippen LogP contribution in [0.25, 0.3) is 0 Å². The van der Waals surface area contributed by atoms with Crippen LogP contribution in [0.1, 0.15) is 58.4 Å². The molecule has 0 bridgehead atoms. The average molecular weight is 340 g/mol. The second-order valence-electron chi connectivity index (χ2n) is 9.80. The second kappa shape index (κ2) is 5.01. The summed E-state index contributed by atoms with van der Waals surface area (Å²) in [6.07, 6.45) is 4.06. The third kappa shape index (κ3) is 1.89. The smallest absolute Gasteiger partial charge is 0.0881 e. The van der Waals surface area contributed by atoms with E-state index in [-0.39, 0.29) is 11.2 Å². The van der Waals surface area contributed by atoms with Gasteiger partial charge in [0.15, 0.2) is 0 Å². The molecule has 1 aromatic rings. The predicted octanol–water partition coefficient (Wildman–Crippen LogP) is 3.90. The molecule has 0 amide bonds. The van der Waals surface area contributed by atoms with Crippen molar-refractivity contribution in [3.63, 3.8) is 0 Å². The fraction of sp³-hybridized carbons (Fsp3) is 0.727. The van der Waals surface area contributed by atoms with Crippen LogP contribution in [-0.4, -0.2) is 53.2 Å². The quantitative estimate of drug-likeness (QED) is 0.710. The normalized spacial score (nSPS) is 38.8. The Bertz CT molecular complexity index is 694. The molecule has 5 rings (SSSR count). The third-order valence-electron chi connectivity index (χ3n) is 8.36. The van der Waals surface area contributed by atoms with Gasteiger partial charge < -0.3 is 4.90 Å². The van der Waals surface area contributed by atoms with Crippen molar-refractivity contribution in [2.24, 2.45) is 5.92 Å². The molecule has 4 aliphatic rings. The topological polar surface area (TPSA) is 9.72 Å². The van der Waals surface area contributed by atoms with Gasteiger partial charge >= 0.3 is 0 Å². The molecule has 1 aromatic carbocycles. The van der Waals surface area contributed by atoms with Gasteiger partial charge in [-0.15, -0.1) is 0 Å². The fourth-order valence-electron chi connectivity index (χ4n) is 6.92. The Balaban J connectivity index is 1.76. The van der Waals surface area contributed by atoms with Crippen LogP contribution in [0.5, 0.6) is 0 Å². The molecule has 3 nitrogen and oxygen atoms in total. The van der Waals surface area contributed by atoms with E-state index in [0.717, 1.165) is 5.92 Å². The molecular weight excluding hydrogens is 306 g/mol. The summed E-state index contributed by atoms with van der Waals surface area (Å²) in [5.74, 6) is 1.46. The largest absolute Gasteiger partial charge is 0.348 e. The van der Waals surface area contributed by atoms with Crippen molar-refractivity contribution < 1.29 is 0 Å². The van der Waals surface area contributed by atoms with Gasteiger partial charge in [-0.3, -0.25) is 9.80 Å². The molecule has 0 saturated carbocycles. The van der Waals surface area contributed by atoms with Crippen molar-refractivity contribution in [2.75, 3.05) is 25.0 Å². The number of hydrogen-bond donors (Lipinski definition) is 0. The lowest BCUT2D eigenvalue weighted by molar-refractivity contribution is -0.0312. The molecule has 0 radical (unpaired) electrons. The zero-order valence-corrected chi connectivity index (χ0v) is 16.5. The van der Waals surface area contributed by atoms with Crippen molar-refractivity contribution in [3.05, 3.63) is 29.8 Å². The van der Waals surface area contributed by atoms with E-state index in [1.165, 1.54) is 38.0 Å². The summed E-state index contributed by atoms with van der Waals surface area (Å²) in [4.78, 5) is 8.35. The molecule has 3 heteroatoms. The van der Waals surface area contributed by atoms with Crippen LogP contribution < -0.4 is 4.90 Å². The number of benzene rings is 1. The Morgan fingerprint density at radius 2 is 1.72 bits per heavy atom. The number of para-hydroxylation sites is 1. The van der Waals surface area contributed by atoms with Crippen LogP contribution in [0.15, 0.2) is 24.3 Å². The van der Waals surface area contributed by atoms with Crippen LogP contribution in [0.3, 0.4) is 0 Å². The van der Waals surface area contributed by atoms with Gasteiger partial charge in [0.2, 0.25) is 0 Å². The van der Waals surface area contributed by atoms with Gasteiger partial charge in [-0.05, 0) is 84.6 Å². The minimum atomic E-state index is 0.0272. The van der Waals surface area contributed by atoms with E-state index in [4.69, 9.17) is 0 Å². The molecule has 0 aliphatic carbocycles. The summed E-state index contributed by atoms with van der Waals surface area (Å²) in [5, 5.41) is 0. The SMILES string of the molecule is CN1C(C)(C)C2CCCN3CCC4c5ccccc5N(C4C23)C1(C)C. The molecule has 25 heavy (non-hydrogen) atoms. The predicted molar refractivity (Wildman–Crippen MR) is 104 cm³/mol. The van der Waals surface area contributed by atoms with E-state index in [9.17, 15) is 0 Å². The minimum Gasteiger partial charge on any atom is -0.348 e. The van der Waals surface area contributed by atoms with Crippen LogP contribution in [0.4, 0.5) is 5.69 Å². The van der Waals surface area contributed by atoms with Gasteiger partial charge in [0, 0.05) is 23.2 Å². The highest BCUT2D eigenvalue weighted by Crippen LogP contribution is 2.57. The fourth-order valence-corrected chi connectivity index (χ4v) is 6.92. The first-order valence-electron chi connectivity index (χ1n) is 10.2. The Labute approximate surface area is 153 Å². The molecule has 3 fully saturated rings. The summed E-state index contributed by atoms with van der Waals surface area (Å²) in [6, 6.07) is 10.6. The zero-order chi connectivity index (χ0) is 17.6. The van der Waals surface area contributed by atoms with Gasteiger partial charge in [0.05, 0.1) is 11.7 Å². The maximum absolute atomic E-state index is 2.85. The van der Waals surface area contributed by atoms with E-state index in [1.807, 2.05) is 0 Å². The monoisotopic (exact) mass is 339 g/mol. The molecule has 0 aromatic heterocycles. The van der Waals surface area contributed by atoms with Crippen molar-refractivity contribution in [1.29, 1.82) is 0 Å². The number of fused-ring (bicyclic) bond motifs is 3. The number of anilines is 1. The summed E-state index contributed by atoms with van der Waals surface area (Å²) in [7, 11) is 2.37. The molecular formula is C22H33N3. The maximum Gasteiger partial charge on any atom is 0.0881 e. The Kier molecular flexibility index (Phi) is 3.24. The highest BCUT2D eigenvalue weighted by molar-refractivity contribution is 5.65. The van der Waals surface area contributed by atoms with E-state index < -0.39 is 0 Å². The van der Waals surface area contributed by atoms with Crippen LogP contribution >= 0.6 is 0 Å². The minimum absolute atomic E-state index is 0.0272. The van der Waals surface area contributed by atoms with Gasteiger partial charge in [0.25, 0.3) is 0 Å². The molecule has 4 unspecified atom stereocenters. The summed E-state index contributed by atoms with van der Waals surface area (Å²) >= 11 is 0. The molecule has 4 atom stereocenters. The highest BCUT2D eigenvalue weighted by Gasteiger charge is 2.61. The molecule has 4 heterocycles. The van der Waals surface area contributed by atoms with Crippen LogP contribution in [-0.2, 0) is 0 Å².